The van der Waals surface area contributed by atoms with E-state index in [0.29, 0.717) is 35.4 Å². The van der Waals surface area contributed by atoms with Crippen LogP contribution < -0.4 is 18.9 Å². The Balaban J connectivity index is 1.06. The highest BCUT2D eigenvalue weighted by Crippen LogP contribution is 2.47. The van der Waals surface area contributed by atoms with E-state index >= 15 is 0 Å². The molecule has 0 spiro atoms. The van der Waals surface area contributed by atoms with Gasteiger partial charge in [0.25, 0.3) is 0 Å². The third-order valence-corrected chi connectivity index (χ3v) is 14.3. The fourth-order valence-electron chi connectivity index (χ4n) is 11.1. The van der Waals surface area contributed by atoms with Crippen molar-refractivity contribution < 1.29 is 18.9 Å². The minimum Gasteiger partial charge on any atom is -0.497 e. The second-order valence-electron chi connectivity index (χ2n) is 17.0. The van der Waals surface area contributed by atoms with Crippen LogP contribution in [0.5, 0.6) is 23.3 Å². The third kappa shape index (κ3) is 6.58. The molecule has 0 N–H and O–H groups in total. The molecule has 3 aromatic carbocycles. The van der Waals surface area contributed by atoms with Gasteiger partial charge in [0.05, 0.1) is 48.1 Å². The van der Waals surface area contributed by atoms with Crippen molar-refractivity contribution >= 4 is 32.6 Å². The average molecular weight is 779 g/mol. The number of aromatic nitrogens is 4. The summed E-state index contributed by atoms with van der Waals surface area (Å²) >= 11 is 0. The zero-order chi connectivity index (χ0) is 39.3. The first-order valence-corrected chi connectivity index (χ1v) is 21.5. The highest BCUT2D eigenvalue weighted by Gasteiger charge is 2.46. The van der Waals surface area contributed by atoms with Crippen molar-refractivity contribution in [3.05, 3.63) is 96.3 Å². The molecule has 58 heavy (non-hydrogen) atoms. The van der Waals surface area contributed by atoms with Crippen LogP contribution in [0.15, 0.2) is 85.2 Å². The number of methoxy groups -OCH3 is 2. The highest BCUT2D eigenvalue weighted by molar-refractivity contribution is 5.91. The molecule has 4 bridgehead atoms. The molecule has 8 unspecified atom stereocenters. The number of rotatable bonds is 12. The number of ether oxygens (including phenoxy) is 4. The van der Waals surface area contributed by atoms with Gasteiger partial charge in [0, 0.05) is 47.4 Å². The molecule has 6 fully saturated rings. The van der Waals surface area contributed by atoms with E-state index in [-0.39, 0.29) is 24.3 Å². The van der Waals surface area contributed by atoms with Crippen LogP contribution in [0.3, 0.4) is 0 Å². The van der Waals surface area contributed by atoms with E-state index in [2.05, 4.69) is 72.2 Å². The third-order valence-electron chi connectivity index (χ3n) is 14.3. The molecule has 12 rings (SSSR count). The van der Waals surface area contributed by atoms with Gasteiger partial charge in [-0.2, -0.15) is 0 Å². The van der Waals surface area contributed by atoms with Crippen molar-refractivity contribution in [1.29, 1.82) is 0 Å². The van der Waals surface area contributed by atoms with Crippen LogP contribution in [0.1, 0.15) is 75.7 Å². The highest BCUT2D eigenvalue weighted by atomic mass is 16.5. The van der Waals surface area contributed by atoms with Crippen LogP contribution in [0.25, 0.3) is 32.6 Å². The van der Waals surface area contributed by atoms with Gasteiger partial charge >= 0.3 is 0 Å². The van der Waals surface area contributed by atoms with Crippen LogP contribution >= 0.6 is 0 Å². The number of piperidine rings is 6. The van der Waals surface area contributed by atoms with E-state index in [0.717, 1.165) is 94.2 Å². The van der Waals surface area contributed by atoms with Crippen molar-refractivity contribution in [3.63, 3.8) is 0 Å². The van der Waals surface area contributed by atoms with Crippen LogP contribution in [0.2, 0.25) is 0 Å². The summed E-state index contributed by atoms with van der Waals surface area (Å²) in [6.07, 6.45) is 10.2. The lowest BCUT2D eigenvalue weighted by molar-refractivity contribution is -0.0505. The molecular weight excluding hydrogens is 725 g/mol. The summed E-state index contributed by atoms with van der Waals surface area (Å²) in [6, 6.07) is 25.1. The number of pyridine rings is 2. The van der Waals surface area contributed by atoms with Crippen molar-refractivity contribution in [1.82, 2.24) is 30.0 Å². The summed E-state index contributed by atoms with van der Waals surface area (Å²) in [5, 5.41) is 13.7. The molecule has 0 radical (unpaired) electrons. The zero-order valence-corrected chi connectivity index (χ0v) is 34.1. The first kappa shape index (κ1) is 37.2. The number of hydrogen-bond donors (Lipinski definition) is 0. The summed E-state index contributed by atoms with van der Waals surface area (Å²) in [4.78, 5) is 14.8. The van der Waals surface area contributed by atoms with E-state index in [4.69, 9.17) is 39.1 Å². The summed E-state index contributed by atoms with van der Waals surface area (Å²) in [6.45, 7) is 9.00. The summed E-state index contributed by atoms with van der Waals surface area (Å²) in [5.74, 6) is 5.39. The van der Waals surface area contributed by atoms with Crippen LogP contribution in [0, 0.1) is 23.7 Å². The molecule has 9 heterocycles. The maximum Gasteiger partial charge on any atom is 0.242 e. The summed E-state index contributed by atoms with van der Waals surface area (Å²) in [7, 11) is 3.42. The molecule has 0 amide bonds. The van der Waals surface area contributed by atoms with Gasteiger partial charge in [0.2, 0.25) is 11.8 Å². The maximum atomic E-state index is 7.30. The lowest BCUT2D eigenvalue weighted by Gasteiger charge is -2.52. The Labute approximate surface area is 340 Å². The SMILES string of the molecule is CCC1CN2CCC1CC2C(Oc1nnc(O[C@@H](c2ccnc3ccc(OC)cc23)[C@H]2CC3CCN2CC3CC)c2ccccc12)c1ccnc2ccc(OC)cc12. The quantitative estimate of drug-likeness (QED) is 0.120. The van der Waals surface area contributed by atoms with Crippen molar-refractivity contribution in [3.8, 4) is 23.3 Å². The molecule has 10 heteroatoms. The Bertz CT molecular complexity index is 2280. The van der Waals surface area contributed by atoms with Crippen LogP contribution in [-0.2, 0) is 0 Å². The maximum absolute atomic E-state index is 7.30. The Morgan fingerprint density at radius 1 is 0.603 bits per heavy atom. The van der Waals surface area contributed by atoms with E-state index in [1.165, 1.54) is 25.7 Å². The predicted octanol–water partition coefficient (Wildman–Crippen LogP) is 9.22. The van der Waals surface area contributed by atoms with E-state index in [1.54, 1.807) is 14.2 Å². The molecular formula is C48H54N6O4. The number of nitrogens with zero attached hydrogens (tertiary/aromatic N) is 6. The molecule has 0 aliphatic carbocycles. The van der Waals surface area contributed by atoms with Crippen molar-refractivity contribution in [2.45, 2.75) is 76.7 Å². The molecule has 6 aromatic rings. The van der Waals surface area contributed by atoms with Gasteiger partial charge in [-0.1, -0.05) is 38.8 Å². The number of benzene rings is 3. The predicted molar refractivity (Wildman–Crippen MR) is 227 cm³/mol. The molecule has 10 nitrogen and oxygen atoms in total. The average Bonchev–Trinajstić information content (AvgIpc) is 3.29. The lowest BCUT2D eigenvalue weighted by atomic mass is 9.72. The van der Waals surface area contributed by atoms with E-state index in [1.807, 2.05) is 36.7 Å². The topological polar surface area (TPSA) is 95.0 Å². The van der Waals surface area contributed by atoms with Gasteiger partial charge in [-0.15, -0.1) is 10.2 Å². The minimum absolute atomic E-state index is 0.180. The smallest absolute Gasteiger partial charge is 0.242 e. The second kappa shape index (κ2) is 15.6. The molecule has 10 atom stereocenters. The lowest BCUT2D eigenvalue weighted by Crippen LogP contribution is -2.56. The Morgan fingerprint density at radius 2 is 1.07 bits per heavy atom. The van der Waals surface area contributed by atoms with Gasteiger partial charge in [0.1, 0.15) is 23.7 Å². The van der Waals surface area contributed by atoms with Crippen molar-refractivity contribution in [2.24, 2.45) is 23.7 Å². The largest absolute Gasteiger partial charge is 0.497 e. The van der Waals surface area contributed by atoms with Crippen LogP contribution in [0.4, 0.5) is 0 Å². The van der Waals surface area contributed by atoms with E-state index in [9.17, 15) is 0 Å². The zero-order valence-electron chi connectivity index (χ0n) is 34.1. The fraction of sp³-hybridized carbons (Fsp3) is 0.458. The van der Waals surface area contributed by atoms with Gasteiger partial charge in [-0.05, 0) is 123 Å². The normalized spacial score (nSPS) is 27.4. The van der Waals surface area contributed by atoms with E-state index < -0.39 is 0 Å². The molecule has 300 valence electrons. The van der Waals surface area contributed by atoms with Crippen LogP contribution in [-0.4, -0.2) is 82.4 Å². The van der Waals surface area contributed by atoms with Gasteiger partial charge in [-0.3, -0.25) is 19.8 Å². The molecule has 6 aliphatic rings. The summed E-state index contributed by atoms with van der Waals surface area (Å²) < 4.78 is 26.0. The van der Waals surface area contributed by atoms with Crippen molar-refractivity contribution in [2.75, 3.05) is 40.4 Å². The number of hydrogen-bond acceptors (Lipinski definition) is 10. The van der Waals surface area contributed by atoms with Gasteiger partial charge in [-0.25, -0.2) is 0 Å². The Kier molecular flexibility index (Phi) is 10.0. The second-order valence-corrected chi connectivity index (χ2v) is 17.0. The first-order chi connectivity index (χ1) is 28.5. The number of fused-ring (bicyclic) bond motifs is 9. The molecule has 0 saturated carbocycles. The first-order valence-electron chi connectivity index (χ1n) is 21.5. The fourth-order valence-corrected chi connectivity index (χ4v) is 11.1. The Hall–Kier alpha value is -5.06. The minimum atomic E-state index is -0.300. The molecule has 6 saturated heterocycles. The molecule has 3 aromatic heterocycles. The summed E-state index contributed by atoms with van der Waals surface area (Å²) in [5.41, 5.74) is 4.01. The monoisotopic (exact) mass is 778 g/mol. The van der Waals surface area contributed by atoms with Gasteiger partial charge in [0.15, 0.2) is 0 Å². The van der Waals surface area contributed by atoms with Gasteiger partial charge < -0.3 is 18.9 Å². The standard InChI is InChI=1S/C48H54N6O4/c1-5-29-27-53-21-17-31(29)23-43(53)45(35-15-19-49-41-13-11-33(55-3)25-39(35)41)57-47-37-9-7-8-10-38(37)48(52-51-47)58-46(44-24-32-18-22-54(44)28-30(32)6-2)36-16-20-50-42-14-12-34(56-4)26-40(36)42/h7-16,19-20,25-26,29-32,43-46H,5-6,17-18,21-24,27-28H2,1-4H3/t29?,30?,31?,32?,43-,44?,45+,46?/m1/s1. The molecule has 6 aliphatic heterocycles. The Morgan fingerprint density at radius 3 is 1.47 bits per heavy atom.